The summed E-state index contributed by atoms with van der Waals surface area (Å²) in [7, 11) is 0. The number of hydrogen-bond acceptors (Lipinski definition) is 2. The first kappa shape index (κ1) is 12.4. The summed E-state index contributed by atoms with van der Waals surface area (Å²) in [5.41, 5.74) is 1.91. The standard InChI is InChI=1S/C15H16FNO/c1-11(12-5-3-2-4-6-12)10-17-13-7-8-15(18)14(16)9-13/h2-9,11,17-18H,10H2,1H3. The summed E-state index contributed by atoms with van der Waals surface area (Å²) >= 11 is 0. The quantitative estimate of drug-likeness (QED) is 0.804. The van der Waals surface area contributed by atoms with E-state index in [1.54, 1.807) is 6.07 Å². The maximum atomic E-state index is 13.1. The third-order valence-electron chi connectivity index (χ3n) is 2.93. The van der Waals surface area contributed by atoms with Gasteiger partial charge >= 0.3 is 0 Å². The lowest BCUT2D eigenvalue weighted by atomic mass is 10.0. The number of nitrogens with one attached hydrogen (secondary N) is 1. The highest BCUT2D eigenvalue weighted by atomic mass is 19.1. The molecule has 0 saturated carbocycles. The first-order chi connectivity index (χ1) is 8.66. The molecule has 0 aliphatic rings. The van der Waals surface area contributed by atoms with Crippen LogP contribution in [0.2, 0.25) is 0 Å². The largest absolute Gasteiger partial charge is 0.505 e. The van der Waals surface area contributed by atoms with E-state index in [0.717, 1.165) is 0 Å². The molecule has 0 bridgehead atoms. The molecule has 0 spiro atoms. The van der Waals surface area contributed by atoms with Gasteiger partial charge in [-0.1, -0.05) is 37.3 Å². The van der Waals surface area contributed by atoms with Crippen LogP contribution in [0.1, 0.15) is 18.4 Å². The van der Waals surface area contributed by atoms with E-state index in [1.807, 2.05) is 18.2 Å². The summed E-state index contributed by atoms with van der Waals surface area (Å²) in [6.45, 7) is 2.83. The molecule has 2 N–H and O–H groups in total. The minimum atomic E-state index is -0.604. The van der Waals surface area contributed by atoms with Gasteiger partial charge in [-0.15, -0.1) is 0 Å². The van der Waals surface area contributed by atoms with Crippen molar-refractivity contribution in [1.82, 2.24) is 0 Å². The van der Waals surface area contributed by atoms with Crippen LogP contribution in [0.4, 0.5) is 10.1 Å². The lowest BCUT2D eigenvalue weighted by molar-refractivity contribution is 0.432. The summed E-state index contributed by atoms with van der Waals surface area (Å²) in [6.07, 6.45) is 0. The van der Waals surface area contributed by atoms with Gasteiger partial charge in [0.15, 0.2) is 11.6 Å². The van der Waals surface area contributed by atoms with E-state index in [-0.39, 0.29) is 5.75 Å². The van der Waals surface area contributed by atoms with E-state index in [1.165, 1.54) is 17.7 Å². The topological polar surface area (TPSA) is 32.3 Å². The fraction of sp³-hybridized carbons (Fsp3) is 0.200. The van der Waals surface area contributed by atoms with E-state index in [9.17, 15) is 4.39 Å². The molecule has 2 aromatic carbocycles. The summed E-state index contributed by atoms with van der Waals surface area (Å²) < 4.78 is 13.1. The Morgan fingerprint density at radius 2 is 1.89 bits per heavy atom. The second-order valence-electron chi connectivity index (χ2n) is 4.36. The molecule has 1 unspecified atom stereocenters. The van der Waals surface area contributed by atoms with Gasteiger partial charge in [0.2, 0.25) is 0 Å². The van der Waals surface area contributed by atoms with Gasteiger partial charge in [-0.3, -0.25) is 0 Å². The Balaban J connectivity index is 1.97. The zero-order valence-electron chi connectivity index (χ0n) is 10.2. The van der Waals surface area contributed by atoms with Crippen molar-refractivity contribution in [2.24, 2.45) is 0 Å². The molecule has 0 aromatic heterocycles. The molecule has 3 heteroatoms. The molecule has 2 nitrogen and oxygen atoms in total. The highest BCUT2D eigenvalue weighted by molar-refractivity contribution is 5.47. The Hall–Kier alpha value is -2.03. The average molecular weight is 245 g/mol. The maximum absolute atomic E-state index is 13.1. The molecule has 0 radical (unpaired) electrons. The Labute approximate surface area is 106 Å². The van der Waals surface area contributed by atoms with Gasteiger partial charge in [-0.25, -0.2) is 4.39 Å². The maximum Gasteiger partial charge on any atom is 0.166 e. The Morgan fingerprint density at radius 3 is 2.56 bits per heavy atom. The summed E-state index contributed by atoms with van der Waals surface area (Å²) in [5, 5.41) is 12.3. The summed E-state index contributed by atoms with van der Waals surface area (Å²) in [4.78, 5) is 0. The van der Waals surface area contributed by atoms with Gasteiger partial charge in [0.25, 0.3) is 0 Å². The molecule has 1 atom stereocenters. The number of phenols is 1. The summed E-state index contributed by atoms with van der Waals surface area (Å²) in [5.74, 6) is -0.591. The van der Waals surface area contributed by atoms with Crippen molar-refractivity contribution < 1.29 is 9.50 Å². The van der Waals surface area contributed by atoms with Crippen LogP contribution in [-0.4, -0.2) is 11.7 Å². The van der Waals surface area contributed by atoms with Gasteiger partial charge < -0.3 is 10.4 Å². The number of aromatic hydroxyl groups is 1. The van der Waals surface area contributed by atoms with Crippen LogP contribution in [0.5, 0.6) is 5.75 Å². The highest BCUT2D eigenvalue weighted by Crippen LogP contribution is 2.21. The molecule has 94 valence electrons. The third kappa shape index (κ3) is 3.00. The van der Waals surface area contributed by atoms with Gasteiger partial charge in [0.05, 0.1) is 0 Å². The SMILES string of the molecule is CC(CNc1ccc(O)c(F)c1)c1ccccc1. The normalized spacial score (nSPS) is 12.1. The number of phenolic OH excluding ortho intramolecular Hbond substituents is 1. The number of rotatable bonds is 4. The van der Waals surface area contributed by atoms with E-state index >= 15 is 0 Å². The van der Waals surface area contributed by atoms with Crippen LogP contribution >= 0.6 is 0 Å². The molecule has 18 heavy (non-hydrogen) atoms. The number of benzene rings is 2. The fourth-order valence-electron chi connectivity index (χ4n) is 1.79. The van der Waals surface area contributed by atoms with Crippen LogP contribution in [0.3, 0.4) is 0 Å². The van der Waals surface area contributed by atoms with E-state index in [4.69, 9.17) is 5.11 Å². The molecular formula is C15H16FNO. The van der Waals surface area contributed by atoms with Crippen molar-refractivity contribution in [3.8, 4) is 5.75 Å². The molecule has 2 rings (SSSR count). The number of halogens is 1. The second kappa shape index (κ2) is 5.54. The van der Waals surface area contributed by atoms with Crippen LogP contribution in [0.15, 0.2) is 48.5 Å². The molecule has 0 saturated heterocycles. The minimum absolute atomic E-state index is 0.323. The van der Waals surface area contributed by atoms with Crippen LogP contribution < -0.4 is 5.32 Å². The first-order valence-electron chi connectivity index (χ1n) is 5.94. The molecule has 0 heterocycles. The van der Waals surface area contributed by atoms with Crippen molar-refractivity contribution in [2.45, 2.75) is 12.8 Å². The predicted molar refractivity (Wildman–Crippen MR) is 71.4 cm³/mol. The second-order valence-corrected chi connectivity index (χ2v) is 4.36. The molecule has 0 aliphatic carbocycles. The fourth-order valence-corrected chi connectivity index (χ4v) is 1.79. The number of hydrogen-bond donors (Lipinski definition) is 2. The lowest BCUT2D eigenvalue weighted by Gasteiger charge is -2.14. The van der Waals surface area contributed by atoms with E-state index in [0.29, 0.717) is 18.2 Å². The Kier molecular flexibility index (Phi) is 3.82. The van der Waals surface area contributed by atoms with Crippen molar-refractivity contribution in [3.63, 3.8) is 0 Å². The van der Waals surface area contributed by atoms with E-state index < -0.39 is 5.82 Å². The van der Waals surface area contributed by atoms with Crippen molar-refractivity contribution in [3.05, 3.63) is 59.9 Å². The van der Waals surface area contributed by atoms with Crippen LogP contribution in [0.25, 0.3) is 0 Å². The van der Waals surface area contributed by atoms with Crippen LogP contribution in [-0.2, 0) is 0 Å². The van der Waals surface area contributed by atoms with E-state index in [2.05, 4.69) is 24.4 Å². The van der Waals surface area contributed by atoms with Gasteiger partial charge in [-0.2, -0.15) is 0 Å². The number of anilines is 1. The van der Waals surface area contributed by atoms with Gasteiger partial charge in [0, 0.05) is 18.3 Å². The zero-order chi connectivity index (χ0) is 13.0. The molecule has 2 aromatic rings. The van der Waals surface area contributed by atoms with Gasteiger partial charge in [0.1, 0.15) is 0 Å². The average Bonchev–Trinajstić information content (AvgIpc) is 2.41. The Bertz CT molecular complexity index is 513. The molecule has 0 amide bonds. The Morgan fingerprint density at radius 1 is 1.17 bits per heavy atom. The molecular weight excluding hydrogens is 229 g/mol. The molecule has 0 aliphatic heterocycles. The van der Waals surface area contributed by atoms with Gasteiger partial charge in [-0.05, 0) is 23.6 Å². The monoisotopic (exact) mass is 245 g/mol. The minimum Gasteiger partial charge on any atom is -0.505 e. The zero-order valence-corrected chi connectivity index (χ0v) is 10.2. The molecule has 0 fully saturated rings. The van der Waals surface area contributed by atoms with Crippen molar-refractivity contribution >= 4 is 5.69 Å². The first-order valence-corrected chi connectivity index (χ1v) is 5.94. The smallest absolute Gasteiger partial charge is 0.166 e. The van der Waals surface area contributed by atoms with Crippen molar-refractivity contribution in [1.29, 1.82) is 0 Å². The highest BCUT2D eigenvalue weighted by Gasteiger charge is 2.06. The lowest BCUT2D eigenvalue weighted by Crippen LogP contribution is -2.09. The third-order valence-corrected chi connectivity index (χ3v) is 2.93. The predicted octanol–water partition coefficient (Wildman–Crippen LogP) is 3.75. The van der Waals surface area contributed by atoms with Crippen LogP contribution in [0, 0.1) is 5.82 Å². The van der Waals surface area contributed by atoms with Crippen molar-refractivity contribution in [2.75, 3.05) is 11.9 Å². The summed E-state index contributed by atoms with van der Waals surface area (Å²) in [6, 6.07) is 14.5.